The van der Waals surface area contributed by atoms with E-state index < -0.39 is 0 Å². The summed E-state index contributed by atoms with van der Waals surface area (Å²) in [4.78, 5) is 0. The Morgan fingerprint density at radius 3 is 2.47 bits per heavy atom. The molecule has 0 bridgehead atoms. The average Bonchev–Trinajstić information content (AvgIpc) is 2.82. The molecule has 1 fully saturated rings. The molecule has 0 amide bonds. The molecular weight excluding hydrogens is 208 g/mol. The highest BCUT2D eigenvalue weighted by atomic mass is 16.3. The smallest absolute Gasteiger partial charge is 0.0636 e. The molecule has 1 aromatic carbocycles. The van der Waals surface area contributed by atoms with Gasteiger partial charge in [0.15, 0.2) is 0 Å². The minimum atomic E-state index is -0.170. The first-order valence-electron chi connectivity index (χ1n) is 6.90. The van der Waals surface area contributed by atoms with E-state index in [-0.39, 0.29) is 11.5 Å². The molecule has 0 heterocycles. The first kappa shape index (κ1) is 12.6. The zero-order valence-electron chi connectivity index (χ0n) is 11.1. The van der Waals surface area contributed by atoms with E-state index in [1.54, 1.807) is 0 Å². The van der Waals surface area contributed by atoms with Crippen LogP contribution in [0.15, 0.2) is 24.3 Å². The fraction of sp³-hybridized carbons (Fsp3) is 0.625. The molecule has 1 unspecified atom stereocenters. The first-order valence-corrected chi connectivity index (χ1v) is 6.90. The maximum atomic E-state index is 10.6. The maximum Gasteiger partial charge on any atom is 0.0636 e. The molecule has 1 aliphatic carbocycles. The van der Waals surface area contributed by atoms with Crippen molar-refractivity contribution in [2.45, 2.75) is 58.5 Å². The molecule has 1 aliphatic rings. The fourth-order valence-electron chi connectivity index (χ4n) is 3.27. The Kier molecular flexibility index (Phi) is 3.88. The number of hydrogen-bond donors (Lipinski definition) is 1. The zero-order chi connectivity index (χ0) is 12.3. The molecule has 2 rings (SSSR count). The number of aliphatic hydroxyl groups excluding tert-OH is 1. The largest absolute Gasteiger partial charge is 0.392 e. The molecule has 0 aliphatic heterocycles. The molecule has 17 heavy (non-hydrogen) atoms. The van der Waals surface area contributed by atoms with Crippen LogP contribution in [0, 0.1) is 12.3 Å². The van der Waals surface area contributed by atoms with Gasteiger partial charge in [-0.05, 0) is 49.1 Å². The van der Waals surface area contributed by atoms with Gasteiger partial charge in [-0.25, -0.2) is 0 Å². The topological polar surface area (TPSA) is 20.2 Å². The molecule has 1 N–H and O–H groups in total. The summed E-state index contributed by atoms with van der Waals surface area (Å²) < 4.78 is 0. The van der Waals surface area contributed by atoms with Crippen LogP contribution in [0.2, 0.25) is 0 Å². The maximum absolute atomic E-state index is 10.6. The lowest BCUT2D eigenvalue weighted by molar-refractivity contribution is 0.0256. The van der Waals surface area contributed by atoms with E-state index in [0.29, 0.717) is 0 Å². The molecule has 1 aromatic rings. The molecule has 1 atom stereocenters. The van der Waals surface area contributed by atoms with Crippen molar-refractivity contribution in [2.75, 3.05) is 0 Å². The van der Waals surface area contributed by atoms with E-state index in [9.17, 15) is 5.11 Å². The van der Waals surface area contributed by atoms with E-state index in [1.165, 1.54) is 36.8 Å². The molecule has 0 radical (unpaired) electrons. The van der Waals surface area contributed by atoms with Crippen molar-refractivity contribution < 1.29 is 5.11 Å². The van der Waals surface area contributed by atoms with Gasteiger partial charge in [0.05, 0.1) is 6.10 Å². The van der Waals surface area contributed by atoms with E-state index in [1.807, 2.05) is 0 Å². The molecule has 1 saturated carbocycles. The molecule has 0 aromatic heterocycles. The van der Waals surface area contributed by atoms with Gasteiger partial charge in [-0.2, -0.15) is 0 Å². The minimum absolute atomic E-state index is 0.170. The minimum Gasteiger partial charge on any atom is -0.392 e. The lowest BCUT2D eigenvalue weighted by Gasteiger charge is -2.33. The van der Waals surface area contributed by atoms with E-state index >= 15 is 0 Å². The summed E-state index contributed by atoms with van der Waals surface area (Å²) >= 11 is 0. The van der Waals surface area contributed by atoms with E-state index in [2.05, 4.69) is 38.1 Å². The van der Waals surface area contributed by atoms with Gasteiger partial charge in [0.25, 0.3) is 0 Å². The monoisotopic (exact) mass is 232 g/mol. The van der Waals surface area contributed by atoms with Crippen molar-refractivity contribution >= 4 is 0 Å². The Morgan fingerprint density at radius 2 is 1.88 bits per heavy atom. The zero-order valence-corrected chi connectivity index (χ0v) is 11.1. The van der Waals surface area contributed by atoms with Crippen LogP contribution in [0.1, 0.15) is 50.2 Å². The highest BCUT2D eigenvalue weighted by Crippen LogP contribution is 2.44. The molecule has 0 saturated heterocycles. The third-order valence-electron chi connectivity index (χ3n) is 4.68. The second-order valence-corrected chi connectivity index (χ2v) is 5.57. The fourth-order valence-corrected chi connectivity index (χ4v) is 3.27. The van der Waals surface area contributed by atoms with Crippen molar-refractivity contribution in [3.8, 4) is 0 Å². The lowest BCUT2D eigenvalue weighted by atomic mass is 9.75. The van der Waals surface area contributed by atoms with Gasteiger partial charge in [0, 0.05) is 0 Å². The summed E-state index contributed by atoms with van der Waals surface area (Å²) in [5, 5.41) is 10.6. The van der Waals surface area contributed by atoms with Gasteiger partial charge in [-0.3, -0.25) is 0 Å². The van der Waals surface area contributed by atoms with Crippen molar-refractivity contribution in [3.63, 3.8) is 0 Å². The van der Waals surface area contributed by atoms with Crippen LogP contribution in [0.25, 0.3) is 0 Å². The molecule has 0 spiro atoms. The van der Waals surface area contributed by atoms with Gasteiger partial charge in [-0.1, -0.05) is 44.0 Å². The molecule has 1 heteroatoms. The lowest BCUT2D eigenvalue weighted by Crippen LogP contribution is -2.33. The highest BCUT2D eigenvalue weighted by Gasteiger charge is 2.38. The normalized spacial score (nSPS) is 20.4. The third kappa shape index (κ3) is 2.55. The van der Waals surface area contributed by atoms with E-state index in [0.717, 1.165) is 12.8 Å². The Morgan fingerprint density at radius 1 is 1.24 bits per heavy atom. The Hall–Kier alpha value is -0.820. The molecular formula is C16H24O. The van der Waals surface area contributed by atoms with Crippen LogP contribution in [0.5, 0.6) is 0 Å². The summed E-state index contributed by atoms with van der Waals surface area (Å²) in [6, 6.07) is 8.42. The number of aliphatic hydroxyl groups is 1. The van der Waals surface area contributed by atoms with Crippen molar-refractivity contribution in [1.29, 1.82) is 0 Å². The summed E-state index contributed by atoms with van der Waals surface area (Å²) in [7, 11) is 0. The van der Waals surface area contributed by atoms with Gasteiger partial charge in [0.2, 0.25) is 0 Å². The quantitative estimate of drug-likeness (QED) is 0.835. The second kappa shape index (κ2) is 5.22. The van der Waals surface area contributed by atoms with Crippen LogP contribution in [0.4, 0.5) is 0 Å². The Bertz CT molecular complexity index is 364. The highest BCUT2D eigenvalue weighted by molar-refractivity contribution is 5.26. The van der Waals surface area contributed by atoms with Gasteiger partial charge in [0.1, 0.15) is 0 Å². The van der Waals surface area contributed by atoms with Gasteiger partial charge < -0.3 is 5.11 Å². The Labute approximate surface area is 105 Å². The average molecular weight is 232 g/mol. The van der Waals surface area contributed by atoms with Crippen LogP contribution >= 0.6 is 0 Å². The number of benzene rings is 1. The van der Waals surface area contributed by atoms with Crippen LogP contribution in [-0.4, -0.2) is 11.2 Å². The summed E-state index contributed by atoms with van der Waals surface area (Å²) in [5.74, 6) is 0. The van der Waals surface area contributed by atoms with Crippen molar-refractivity contribution in [2.24, 2.45) is 5.41 Å². The van der Waals surface area contributed by atoms with Crippen molar-refractivity contribution in [3.05, 3.63) is 35.4 Å². The second-order valence-electron chi connectivity index (χ2n) is 5.57. The summed E-state index contributed by atoms with van der Waals surface area (Å²) in [6.45, 7) is 4.36. The predicted octanol–water partition coefficient (Wildman–Crippen LogP) is 3.87. The van der Waals surface area contributed by atoms with Crippen LogP contribution < -0.4 is 0 Å². The Balaban J connectivity index is 2.10. The van der Waals surface area contributed by atoms with Crippen LogP contribution in [-0.2, 0) is 6.42 Å². The summed E-state index contributed by atoms with van der Waals surface area (Å²) in [5.41, 5.74) is 2.80. The number of hydrogen-bond acceptors (Lipinski definition) is 1. The number of rotatable bonds is 4. The first-order chi connectivity index (χ1) is 8.18. The SMILES string of the molecule is CCC1(C(O)Cc2ccccc2C)CCCC1. The van der Waals surface area contributed by atoms with Crippen molar-refractivity contribution in [1.82, 2.24) is 0 Å². The standard InChI is InChI=1S/C16H24O/c1-3-16(10-6-7-11-16)15(17)12-14-9-5-4-8-13(14)2/h4-5,8-9,15,17H,3,6-7,10-12H2,1-2H3. The van der Waals surface area contributed by atoms with Gasteiger partial charge in [-0.15, -0.1) is 0 Å². The summed E-state index contributed by atoms with van der Waals surface area (Å²) in [6.07, 6.45) is 6.75. The van der Waals surface area contributed by atoms with Crippen LogP contribution in [0.3, 0.4) is 0 Å². The third-order valence-corrected chi connectivity index (χ3v) is 4.68. The predicted molar refractivity (Wildman–Crippen MR) is 72.1 cm³/mol. The molecule has 1 nitrogen and oxygen atoms in total. The van der Waals surface area contributed by atoms with E-state index in [4.69, 9.17) is 0 Å². The number of aryl methyl sites for hydroxylation is 1. The van der Waals surface area contributed by atoms with Gasteiger partial charge >= 0.3 is 0 Å². The molecule has 94 valence electrons.